The minimum atomic E-state index is -0.196. The lowest BCUT2D eigenvalue weighted by molar-refractivity contribution is -0.124. The molecule has 0 bridgehead atoms. The normalized spacial score (nSPS) is 22.9. The summed E-state index contributed by atoms with van der Waals surface area (Å²) in [6, 6.07) is 8.44. The van der Waals surface area contributed by atoms with E-state index in [0.717, 1.165) is 99.1 Å². The molecule has 0 aromatic carbocycles. The van der Waals surface area contributed by atoms with Gasteiger partial charge in [0.1, 0.15) is 11.6 Å². The van der Waals surface area contributed by atoms with Crippen molar-refractivity contribution >= 4 is 17.8 Å². The van der Waals surface area contributed by atoms with Gasteiger partial charge in [-0.2, -0.15) is 5.10 Å². The molecule has 2 aliphatic carbocycles. The van der Waals surface area contributed by atoms with Crippen LogP contribution in [0.4, 0.5) is 10.6 Å². The van der Waals surface area contributed by atoms with Crippen LogP contribution in [0.5, 0.6) is 5.75 Å². The standard InChI is InChI=1S/C37H50N6O4/c1-25(2)43-23-32(21-39-43)31-16-17-38-35(20-31)42(22-27-6-10-29(11-7-27)33-14-15-34(46-4)26(3)40-33)36(44)30-12-8-28(9-13-30)24-47-37(45)41-18-5-19-41/h14-17,20-21,23,25,27-30H,5-13,18-19,22,24H2,1-4H3. The van der Waals surface area contributed by atoms with E-state index in [9.17, 15) is 9.59 Å². The van der Waals surface area contributed by atoms with Gasteiger partial charge in [0.15, 0.2) is 0 Å². The Morgan fingerprint density at radius 2 is 1.72 bits per heavy atom. The fraction of sp³-hybridized carbons (Fsp3) is 0.595. The molecule has 252 valence electrons. The summed E-state index contributed by atoms with van der Waals surface area (Å²) in [5.41, 5.74) is 4.10. The van der Waals surface area contributed by atoms with Crippen LogP contribution in [0, 0.1) is 24.7 Å². The van der Waals surface area contributed by atoms with E-state index in [1.807, 2.05) is 41.0 Å². The van der Waals surface area contributed by atoms with Gasteiger partial charge in [-0.1, -0.05) is 0 Å². The van der Waals surface area contributed by atoms with Gasteiger partial charge in [-0.05, 0) is 120 Å². The Balaban J connectivity index is 1.14. The zero-order valence-corrected chi connectivity index (χ0v) is 28.4. The zero-order chi connectivity index (χ0) is 32.9. The third kappa shape index (κ3) is 7.79. The third-order valence-corrected chi connectivity index (χ3v) is 10.5. The molecular formula is C37H50N6O4. The zero-order valence-electron chi connectivity index (χ0n) is 28.4. The number of likely N-dealkylation sites (tertiary alicyclic amines) is 1. The number of methoxy groups -OCH3 is 1. The third-order valence-electron chi connectivity index (χ3n) is 10.5. The molecule has 3 aromatic heterocycles. The number of carbonyl (C=O) groups excluding carboxylic acids is 2. The number of anilines is 1. The predicted octanol–water partition coefficient (Wildman–Crippen LogP) is 7.19. The number of hydrogen-bond acceptors (Lipinski definition) is 7. The fourth-order valence-electron chi connectivity index (χ4n) is 7.30. The minimum Gasteiger partial charge on any atom is -0.495 e. The van der Waals surface area contributed by atoms with Gasteiger partial charge in [0.25, 0.3) is 0 Å². The van der Waals surface area contributed by atoms with Gasteiger partial charge in [-0.15, -0.1) is 0 Å². The maximum atomic E-state index is 14.4. The molecule has 10 heteroatoms. The van der Waals surface area contributed by atoms with Crippen LogP contribution in [-0.4, -0.2) is 70.0 Å². The highest BCUT2D eigenvalue weighted by Crippen LogP contribution is 2.38. The van der Waals surface area contributed by atoms with Crippen molar-refractivity contribution in [2.45, 2.75) is 90.5 Å². The van der Waals surface area contributed by atoms with E-state index in [1.54, 1.807) is 12.0 Å². The Bertz CT molecular complexity index is 1520. The lowest BCUT2D eigenvalue weighted by Gasteiger charge is -2.36. The summed E-state index contributed by atoms with van der Waals surface area (Å²) in [7, 11) is 1.68. The fourth-order valence-corrected chi connectivity index (χ4v) is 7.30. The number of amides is 2. The van der Waals surface area contributed by atoms with Crippen molar-refractivity contribution in [1.29, 1.82) is 0 Å². The van der Waals surface area contributed by atoms with Crippen LogP contribution in [0.15, 0.2) is 42.9 Å². The van der Waals surface area contributed by atoms with Crippen LogP contribution in [0.25, 0.3) is 11.1 Å². The number of nitrogens with zero attached hydrogens (tertiary/aromatic N) is 6. The number of hydrogen-bond donors (Lipinski definition) is 0. The molecule has 3 aromatic rings. The van der Waals surface area contributed by atoms with Gasteiger partial charge < -0.3 is 14.4 Å². The van der Waals surface area contributed by atoms with Gasteiger partial charge in [-0.3, -0.25) is 19.4 Å². The van der Waals surface area contributed by atoms with Crippen molar-refractivity contribution in [1.82, 2.24) is 24.6 Å². The highest BCUT2D eigenvalue weighted by molar-refractivity contribution is 5.94. The van der Waals surface area contributed by atoms with Crippen molar-refractivity contribution in [3.05, 3.63) is 54.2 Å². The lowest BCUT2D eigenvalue weighted by Crippen LogP contribution is -2.43. The molecule has 4 heterocycles. The molecule has 0 atom stereocenters. The Hall–Kier alpha value is -3.95. The molecule has 0 radical (unpaired) electrons. The van der Waals surface area contributed by atoms with E-state index in [4.69, 9.17) is 19.4 Å². The van der Waals surface area contributed by atoms with E-state index in [-0.39, 0.29) is 24.0 Å². The molecular weight excluding hydrogens is 592 g/mol. The molecule has 1 saturated heterocycles. The number of pyridine rings is 2. The average Bonchev–Trinajstić information content (AvgIpc) is 3.57. The second-order valence-corrected chi connectivity index (χ2v) is 14.0. The van der Waals surface area contributed by atoms with Gasteiger partial charge in [0.2, 0.25) is 5.91 Å². The van der Waals surface area contributed by atoms with Crippen molar-refractivity contribution < 1.29 is 19.1 Å². The van der Waals surface area contributed by atoms with Crippen molar-refractivity contribution in [2.75, 3.05) is 38.3 Å². The first kappa shape index (κ1) is 33.0. The molecule has 10 nitrogen and oxygen atoms in total. The topological polar surface area (TPSA) is 103 Å². The smallest absolute Gasteiger partial charge is 0.409 e. The molecule has 0 spiro atoms. The minimum absolute atomic E-state index is 0.0608. The summed E-state index contributed by atoms with van der Waals surface area (Å²) in [5, 5.41) is 4.54. The van der Waals surface area contributed by atoms with Gasteiger partial charge in [-0.25, -0.2) is 9.78 Å². The van der Waals surface area contributed by atoms with E-state index >= 15 is 0 Å². The van der Waals surface area contributed by atoms with Crippen molar-refractivity contribution in [3.8, 4) is 16.9 Å². The Morgan fingerprint density at radius 1 is 0.979 bits per heavy atom. The van der Waals surface area contributed by atoms with Gasteiger partial charge >= 0.3 is 6.09 Å². The molecule has 1 aliphatic heterocycles. The number of carbonyl (C=O) groups is 2. The Morgan fingerprint density at radius 3 is 2.36 bits per heavy atom. The molecule has 3 fully saturated rings. The van der Waals surface area contributed by atoms with E-state index in [1.165, 1.54) is 0 Å². The first-order valence-corrected chi connectivity index (χ1v) is 17.5. The molecule has 0 N–H and O–H groups in total. The van der Waals surface area contributed by atoms with E-state index in [2.05, 4.69) is 37.3 Å². The SMILES string of the molecule is COc1ccc(C2CCC(CN(C(=O)C3CCC(COC(=O)N4CCC4)CC3)c3cc(-c4cnn(C(C)C)c4)ccn3)CC2)nc1C. The molecule has 2 amide bonds. The van der Waals surface area contributed by atoms with Crippen LogP contribution < -0.4 is 9.64 Å². The lowest BCUT2D eigenvalue weighted by atomic mass is 9.79. The summed E-state index contributed by atoms with van der Waals surface area (Å²) in [6.07, 6.45) is 14.2. The Labute approximate surface area is 278 Å². The molecule has 2 saturated carbocycles. The molecule has 47 heavy (non-hydrogen) atoms. The van der Waals surface area contributed by atoms with Crippen LogP contribution in [-0.2, 0) is 9.53 Å². The first-order chi connectivity index (χ1) is 22.8. The van der Waals surface area contributed by atoms with Crippen LogP contribution in [0.3, 0.4) is 0 Å². The maximum Gasteiger partial charge on any atom is 0.409 e. The van der Waals surface area contributed by atoms with Crippen molar-refractivity contribution in [2.24, 2.45) is 17.8 Å². The summed E-state index contributed by atoms with van der Waals surface area (Å²) in [6.45, 7) is 8.92. The monoisotopic (exact) mass is 642 g/mol. The quantitative estimate of drug-likeness (QED) is 0.231. The summed E-state index contributed by atoms with van der Waals surface area (Å²) >= 11 is 0. The van der Waals surface area contributed by atoms with E-state index in [0.29, 0.717) is 36.7 Å². The van der Waals surface area contributed by atoms with Gasteiger partial charge in [0.05, 0.1) is 25.6 Å². The second kappa shape index (κ2) is 14.9. The number of aromatic nitrogens is 4. The number of rotatable bonds is 10. The molecule has 6 rings (SSSR count). The second-order valence-electron chi connectivity index (χ2n) is 14.0. The van der Waals surface area contributed by atoms with Crippen LogP contribution in [0.2, 0.25) is 0 Å². The summed E-state index contributed by atoms with van der Waals surface area (Å²) < 4.78 is 13.0. The van der Waals surface area contributed by atoms with E-state index < -0.39 is 0 Å². The maximum absolute atomic E-state index is 14.4. The number of ether oxygens (including phenoxy) is 2. The highest BCUT2D eigenvalue weighted by Gasteiger charge is 2.34. The number of aryl methyl sites for hydroxylation is 1. The first-order valence-electron chi connectivity index (χ1n) is 17.5. The summed E-state index contributed by atoms with van der Waals surface area (Å²) in [4.78, 5) is 39.9. The Kier molecular flexibility index (Phi) is 10.4. The average molecular weight is 643 g/mol. The summed E-state index contributed by atoms with van der Waals surface area (Å²) in [5.74, 6) is 2.76. The molecule has 0 unspecified atom stereocenters. The van der Waals surface area contributed by atoms with Crippen LogP contribution >= 0.6 is 0 Å². The largest absolute Gasteiger partial charge is 0.495 e. The van der Waals surface area contributed by atoms with Crippen LogP contribution in [0.1, 0.15) is 95.0 Å². The van der Waals surface area contributed by atoms with Gasteiger partial charge in [0, 0.05) is 61.2 Å². The predicted molar refractivity (Wildman–Crippen MR) is 181 cm³/mol. The molecule has 3 aliphatic rings. The van der Waals surface area contributed by atoms with Crippen molar-refractivity contribution in [3.63, 3.8) is 0 Å². The highest BCUT2D eigenvalue weighted by atomic mass is 16.6.